The highest BCUT2D eigenvalue weighted by atomic mass is 16.4. The van der Waals surface area contributed by atoms with Crippen molar-refractivity contribution < 1.29 is 9.90 Å². The van der Waals surface area contributed by atoms with E-state index in [0.29, 0.717) is 17.8 Å². The van der Waals surface area contributed by atoms with Crippen LogP contribution in [0.15, 0.2) is 12.1 Å². The summed E-state index contributed by atoms with van der Waals surface area (Å²) in [6, 6.07) is 3.40. The van der Waals surface area contributed by atoms with E-state index >= 15 is 0 Å². The van der Waals surface area contributed by atoms with Crippen LogP contribution in [0.25, 0.3) is 0 Å². The standard InChI is InChI=1S/C12H19N3O2/c1-4-8(2)7-9(3)13-11-6-5-10(12(16)17)14-15-11/h5-6,8-9H,4,7H2,1-3H3,(H,13,15)(H,16,17). The number of hydrogen-bond donors (Lipinski definition) is 2. The fourth-order valence-electron chi connectivity index (χ4n) is 1.60. The maximum atomic E-state index is 10.6. The first kappa shape index (κ1) is 13.4. The van der Waals surface area contributed by atoms with Gasteiger partial charge >= 0.3 is 5.97 Å². The quantitative estimate of drug-likeness (QED) is 0.794. The molecule has 0 amide bonds. The second-order valence-corrected chi connectivity index (χ2v) is 4.40. The maximum Gasteiger partial charge on any atom is 0.356 e. The van der Waals surface area contributed by atoms with Gasteiger partial charge in [0.15, 0.2) is 5.69 Å². The van der Waals surface area contributed by atoms with Crippen LogP contribution in [0.1, 0.15) is 44.1 Å². The molecule has 0 radical (unpaired) electrons. The smallest absolute Gasteiger partial charge is 0.356 e. The van der Waals surface area contributed by atoms with Crippen molar-refractivity contribution in [3.05, 3.63) is 17.8 Å². The lowest BCUT2D eigenvalue weighted by Gasteiger charge is -2.17. The molecule has 0 saturated carbocycles. The zero-order valence-corrected chi connectivity index (χ0v) is 10.5. The molecule has 17 heavy (non-hydrogen) atoms. The molecular weight excluding hydrogens is 218 g/mol. The Hall–Kier alpha value is -1.65. The van der Waals surface area contributed by atoms with Gasteiger partial charge in [-0.2, -0.15) is 0 Å². The van der Waals surface area contributed by atoms with Crippen molar-refractivity contribution in [2.24, 2.45) is 5.92 Å². The van der Waals surface area contributed by atoms with Crippen molar-refractivity contribution in [2.45, 2.75) is 39.7 Å². The first-order valence-corrected chi connectivity index (χ1v) is 5.86. The van der Waals surface area contributed by atoms with E-state index in [1.807, 2.05) is 0 Å². The molecule has 2 N–H and O–H groups in total. The Morgan fingerprint density at radius 1 is 1.41 bits per heavy atom. The van der Waals surface area contributed by atoms with Crippen molar-refractivity contribution in [1.29, 1.82) is 0 Å². The van der Waals surface area contributed by atoms with Gasteiger partial charge in [-0.15, -0.1) is 10.2 Å². The second kappa shape index (κ2) is 6.18. The molecule has 2 atom stereocenters. The van der Waals surface area contributed by atoms with Crippen LogP contribution in [0, 0.1) is 5.92 Å². The molecule has 1 aromatic heterocycles. The van der Waals surface area contributed by atoms with Crippen LogP contribution < -0.4 is 5.32 Å². The number of nitrogens with one attached hydrogen (secondary N) is 1. The fraction of sp³-hybridized carbons (Fsp3) is 0.583. The lowest BCUT2D eigenvalue weighted by Crippen LogP contribution is -2.19. The minimum absolute atomic E-state index is 0.0369. The molecule has 0 saturated heterocycles. The minimum atomic E-state index is -1.06. The Morgan fingerprint density at radius 3 is 2.59 bits per heavy atom. The van der Waals surface area contributed by atoms with Crippen molar-refractivity contribution >= 4 is 11.8 Å². The number of carboxylic acid groups (broad SMARTS) is 1. The monoisotopic (exact) mass is 237 g/mol. The van der Waals surface area contributed by atoms with Gasteiger partial charge in [0.05, 0.1) is 0 Å². The molecule has 2 unspecified atom stereocenters. The Balaban J connectivity index is 2.54. The van der Waals surface area contributed by atoms with Crippen LogP contribution in [-0.4, -0.2) is 27.3 Å². The van der Waals surface area contributed by atoms with Crippen LogP contribution >= 0.6 is 0 Å². The van der Waals surface area contributed by atoms with Crippen molar-refractivity contribution in [2.75, 3.05) is 5.32 Å². The zero-order valence-electron chi connectivity index (χ0n) is 10.5. The predicted molar refractivity (Wildman–Crippen MR) is 66.1 cm³/mol. The number of carbonyl (C=O) groups is 1. The molecule has 0 aliphatic carbocycles. The number of aromatic nitrogens is 2. The van der Waals surface area contributed by atoms with Crippen molar-refractivity contribution in [1.82, 2.24) is 10.2 Å². The molecular formula is C12H19N3O2. The van der Waals surface area contributed by atoms with E-state index in [4.69, 9.17) is 5.11 Å². The molecule has 0 spiro atoms. The Kier molecular flexibility index (Phi) is 4.87. The average molecular weight is 237 g/mol. The maximum absolute atomic E-state index is 10.6. The second-order valence-electron chi connectivity index (χ2n) is 4.40. The normalized spacial score (nSPS) is 14.1. The third-order valence-corrected chi connectivity index (χ3v) is 2.73. The number of carboxylic acids is 1. The van der Waals surface area contributed by atoms with Gasteiger partial charge in [0, 0.05) is 6.04 Å². The third kappa shape index (κ3) is 4.38. The van der Waals surface area contributed by atoms with Gasteiger partial charge in [0.1, 0.15) is 5.82 Å². The summed E-state index contributed by atoms with van der Waals surface area (Å²) in [5, 5.41) is 19.3. The Bertz CT molecular complexity index is 365. The number of anilines is 1. The molecule has 1 heterocycles. The van der Waals surface area contributed by atoms with Gasteiger partial charge in [0.2, 0.25) is 0 Å². The first-order valence-electron chi connectivity index (χ1n) is 5.86. The summed E-state index contributed by atoms with van der Waals surface area (Å²) in [5.41, 5.74) is -0.0369. The van der Waals surface area contributed by atoms with E-state index < -0.39 is 5.97 Å². The first-order chi connectivity index (χ1) is 8.02. The summed E-state index contributed by atoms with van der Waals surface area (Å²) < 4.78 is 0. The lowest BCUT2D eigenvalue weighted by atomic mass is 10.0. The van der Waals surface area contributed by atoms with Crippen LogP contribution in [0.4, 0.5) is 5.82 Å². The predicted octanol–water partition coefficient (Wildman–Crippen LogP) is 2.41. The molecule has 0 aliphatic rings. The number of hydrogen-bond acceptors (Lipinski definition) is 4. The summed E-state index contributed by atoms with van der Waals surface area (Å²) >= 11 is 0. The zero-order chi connectivity index (χ0) is 12.8. The third-order valence-electron chi connectivity index (χ3n) is 2.73. The van der Waals surface area contributed by atoms with Crippen LogP contribution in [0.5, 0.6) is 0 Å². The molecule has 1 aromatic rings. The number of aromatic carboxylic acids is 1. The molecule has 0 aromatic carbocycles. The topological polar surface area (TPSA) is 75.1 Å². The van der Waals surface area contributed by atoms with E-state index in [9.17, 15) is 4.79 Å². The largest absolute Gasteiger partial charge is 0.476 e. The summed E-state index contributed by atoms with van der Waals surface area (Å²) in [4.78, 5) is 10.6. The van der Waals surface area contributed by atoms with Crippen molar-refractivity contribution in [3.8, 4) is 0 Å². The summed E-state index contributed by atoms with van der Waals surface area (Å²) in [7, 11) is 0. The Morgan fingerprint density at radius 2 is 2.12 bits per heavy atom. The molecule has 0 bridgehead atoms. The van der Waals surface area contributed by atoms with Crippen LogP contribution in [0.3, 0.4) is 0 Å². The molecule has 5 heteroatoms. The van der Waals surface area contributed by atoms with E-state index in [1.54, 1.807) is 6.07 Å². The Labute approximate surface area is 101 Å². The van der Waals surface area contributed by atoms with Crippen LogP contribution in [0.2, 0.25) is 0 Å². The van der Waals surface area contributed by atoms with Crippen molar-refractivity contribution in [3.63, 3.8) is 0 Å². The van der Waals surface area contributed by atoms with Crippen LogP contribution in [-0.2, 0) is 0 Å². The van der Waals surface area contributed by atoms with Gasteiger partial charge in [-0.1, -0.05) is 20.3 Å². The van der Waals surface area contributed by atoms with Gasteiger partial charge in [-0.25, -0.2) is 4.79 Å². The number of nitrogens with zero attached hydrogens (tertiary/aromatic N) is 2. The SMILES string of the molecule is CCC(C)CC(C)Nc1ccc(C(=O)O)nn1. The number of rotatable bonds is 6. The van der Waals surface area contributed by atoms with Gasteiger partial charge in [0.25, 0.3) is 0 Å². The summed E-state index contributed by atoms with van der Waals surface area (Å²) in [6.45, 7) is 6.45. The summed E-state index contributed by atoms with van der Waals surface area (Å²) in [6.07, 6.45) is 2.20. The van der Waals surface area contributed by atoms with Gasteiger partial charge < -0.3 is 10.4 Å². The van der Waals surface area contributed by atoms with Gasteiger partial charge in [-0.05, 0) is 31.4 Å². The highest BCUT2D eigenvalue weighted by Gasteiger charge is 2.09. The lowest BCUT2D eigenvalue weighted by molar-refractivity contribution is 0.0689. The highest BCUT2D eigenvalue weighted by molar-refractivity contribution is 5.85. The van der Waals surface area contributed by atoms with E-state index in [0.717, 1.165) is 12.8 Å². The van der Waals surface area contributed by atoms with E-state index in [1.165, 1.54) is 6.07 Å². The van der Waals surface area contributed by atoms with Gasteiger partial charge in [-0.3, -0.25) is 0 Å². The molecule has 94 valence electrons. The average Bonchev–Trinajstić information content (AvgIpc) is 2.29. The fourth-order valence-corrected chi connectivity index (χ4v) is 1.60. The minimum Gasteiger partial charge on any atom is -0.476 e. The summed E-state index contributed by atoms with van der Waals surface area (Å²) in [5.74, 6) is 0.214. The molecule has 1 rings (SSSR count). The van der Waals surface area contributed by atoms with E-state index in [-0.39, 0.29) is 5.69 Å². The molecule has 0 aliphatic heterocycles. The molecule has 0 fully saturated rings. The van der Waals surface area contributed by atoms with E-state index in [2.05, 4.69) is 36.3 Å². The molecule has 5 nitrogen and oxygen atoms in total. The highest BCUT2D eigenvalue weighted by Crippen LogP contribution is 2.13.